The van der Waals surface area contributed by atoms with Crippen LogP contribution in [0.4, 0.5) is 10.1 Å². The Morgan fingerprint density at radius 1 is 1.36 bits per heavy atom. The number of anilines is 1. The van der Waals surface area contributed by atoms with Crippen molar-refractivity contribution in [1.29, 1.82) is 0 Å². The lowest BCUT2D eigenvalue weighted by atomic mass is 9.92. The van der Waals surface area contributed by atoms with Crippen LogP contribution in [0.25, 0.3) is 10.9 Å². The van der Waals surface area contributed by atoms with Gasteiger partial charge in [0.2, 0.25) is 0 Å². The van der Waals surface area contributed by atoms with E-state index in [9.17, 15) is 19.8 Å². The zero-order valence-electron chi connectivity index (χ0n) is 15.7. The van der Waals surface area contributed by atoms with Crippen LogP contribution >= 0.6 is 0 Å². The molecule has 1 aromatic heterocycles. The number of fused-ring (bicyclic) bond motifs is 1. The van der Waals surface area contributed by atoms with Gasteiger partial charge < -0.3 is 19.8 Å². The van der Waals surface area contributed by atoms with Crippen molar-refractivity contribution in [3.05, 3.63) is 32.7 Å². The molecular weight excluding hydrogens is 369 g/mol. The number of piperidine rings is 1. The average molecular weight is 393 g/mol. The molecule has 9 heteroatoms. The Hall–Kier alpha value is -2.39. The van der Waals surface area contributed by atoms with Crippen molar-refractivity contribution in [1.82, 2.24) is 9.55 Å². The first kappa shape index (κ1) is 18.9. The van der Waals surface area contributed by atoms with Gasteiger partial charge in [0.05, 0.1) is 25.2 Å². The first-order valence-corrected chi connectivity index (χ1v) is 9.55. The van der Waals surface area contributed by atoms with Crippen LogP contribution in [0.2, 0.25) is 0 Å². The number of aromatic amines is 1. The molecule has 1 aliphatic carbocycles. The highest BCUT2D eigenvalue weighted by atomic mass is 19.1. The SMILES string of the molecule is COc1c(N2CCCC(C(O)CO)C2)c(F)cc2c(=O)[nH]c(=O)n(C3CC3)c12. The molecule has 2 heterocycles. The molecule has 1 saturated heterocycles. The summed E-state index contributed by atoms with van der Waals surface area (Å²) in [5, 5.41) is 19.4. The Balaban J connectivity index is 1.92. The summed E-state index contributed by atoms with van der Waals surface area (Å²) < 4.78 is 22.1. The molecule has 2 aliphatic rings. The summed E-state index contributed by atoms with van der Waals surface area (Å²) in [7, 11) is 1.39. The molecule has 152 valence electrons. The number of methoxy groups -OCH3 is 1. The van der Waals surface area contributed by atoms with Gasteiger partial charge in [0.25, 0.3) is 5.56 Å². The van der Waals surface area contributed by atoms with Crippen LogP contribution in [0, 0.1) is 11.7 Å². The van der Waals surface area contributed by atoms with Gasteiger partial charge in [-0.1, -0.05) is 0 Å². The maximum atomic E-state index is 15.1. The number of ether oxygens (including phenoxy) is 1. The van der Waals surface area contributed by atoms with Gasteiger partial charge in [-0.15, -0.1) is 0 Å². The number of hydrogen-bond donors (Lipinski definition) is 3. The van der Waals surface area contributed by atoms with Crippen LogP contribution in [0.3, 0.4) is 0 Å². The van der Waals surface area contributed by atoms with Crippen molar-refractivity contribution in [2.45, 2.75) is 37.8 Å². The standard InChI is InChI=1S/C19H24FN3O5/c1-28-17-15-12(18(26)21-19(27)23(15)11-4-5-11)7-13(20)16(17)22-6-2-3-10(8-22)14(25)9-24/h7,10-11,14,24-25H,2-6,8-9H2,1H3,(H,21,26,27). The fraction of sp³-hybridized carbons (Fsp3) is 0.579. The van der Waals surface area contributed by atoms with Crippen LogP contribution in [0.15, 0.2) is 15.7 Å². The zero-order valence-corrected chi connectivity index (χ0v) is 15.7. The summed E-state index contributed by atoms with van der Waals surface area (Å²) in [4.78, 5) is 28.8. The summed E-state index contributed by atoms with van der Waals surface area (Å²) in [5.41, 5.74) is -0.680. The van der Waals surface area contributed by atoms with Gasteiger partial charge >= 0.3 is 5.69 Å². The molecule has 8 nitrogen and oxygen atoms in total. The van der Waals surface area contributed by atoms with Gasteiger partial charge in [0.15, 0.2) is 11.6 Å². The number of benzene rings is 1. The van der Waals surface area contributed by atoms with E-state index >= 15 is 4.39 Å². The predicted molar refractivity (Wildman–Crippen MR) is 102 cm³/mol. The number of nitrogens with zero attached hydrogens (tertiary/aromatic N) is 2. The largest absolute Gasteiger partial charge is 0.492 e. The maximum absolute atomic E-state index is 15.1. The zero-order chi connectivity index (χ0) is 20.0. The van der Waals surface area contributed by atoms with Crippen LogP contribution < -0.4 is 20.9 Å². The minimum Gasteiger partial charge on any atom is -0.492 e. The molecule has 0 amide bonds. The van der Waals surface area contributed by atoms with Crippen molar-refractivity contribution in [3.8, 4) is 5.75 Å². The molecule has 0 radical (unpaired) electrons. The van der Waals surface area contributed by atoms with Crippen molar-refractivity contribution >= 4 is 16.6 Å². The van der Waals surface area contributed by atoms with Crippen LogP contribution in [0.1, 0.15) is 31.7 Å². The van der Waals surface area contributed by atoms with Gasteiger partial charge in [0.1, 0.15) is 11.2 Å². The Kier molecular flexibility index (Phi) is 4.88. The van der Waals surface area contributed by atoms with Gasteiger partial charge in [0, 0.05) is 25.0 Å². The molecule has 2 unspecified atom stereocenters. The molecule has 0 bridgehead atoms. The van der Waals surface area contributed by atoms with Gasteiger partial charge in [-0.2, -0.15) is 0 Å². The molecule has 1 aromatic carbocycles. The fourth-order valence-electron chi connectivity index (χ4n) is 4.19. The summed E-state index contributed by atoms with van der Waals surface area (Å²) in [5.74, 6) is -0.664. The summed E-state index contributed by atoms with van der Waals surface area (Å²) in [6.07, 6.45) is 2.18. The smallest absolute Gasteiger partial charge is 0.329 e. The van der Waals surface area contributed by atoms with Gasteiger partial charge in [-0.05, 0) is 31.7 Å². The van der Waals surface area contributed by atoms with Crippen LogP contribution in [-0.4, -0.2) is 52.7 Å². The predicted octanol–water partition coefficient (Wildman–Crippen LogP) is 0.742. The molecule has 2 atom stereocenters. The highest BCUT2D eigenvalue weighted by molar-refractivity contribution is 5.91. The molecule has 1 saturated carbocycles. The Bertz CT molecular complexity index is 1010. The lowest BCUT2D eigenvalue weighted by molar-refractivity contribution is 0.0413. The molecule has 28 heavy (non-hydrogen) atoms. The van der Waals surface area contributed by atoms with E-state index in [1.165, 1.54) is 11.7 Å². The van der Waals surface area contributed by atoms with E-state index < -0.39 is 23.2 Å². The number of nitrogens with one attached hydrogen (secondary N) is 1. The number of halogens is 1. The number of aliphatic hydroxyl groups excluding tert-OH is 2. The second kappa shape index (κ2) is 7.21. The average Bonchev–Trinajstić information content (AvgIpc) is 3.52. The number of H-pyrrole nitrogens is 1. The lowest BCUT2D eigenvalue weighted by Gasteiger charge is -2.37. The Labute approximate surface area is 160 Å². The molecule has 0 spiro atoms. The second-order valence-corrected chi connectivity index (χ2v) is 7.60. The molecule has 2 fully saturated rings. The maximum Gasteiger partial charge on any atom is 0.329 e. The Morgan fingerprint density at radius 2 is 2.11 bits per heavy atom. The normalized spacial score (nSPS) is 21.1. The van der Waals surface area contributed by atoms with E-state index in [4.69, 9.17) is 4.74 Å². The van der Waals surface area contributed by atoms with Crippen molar-refractivity contribution < 1.29 is 19.3 Å². The highest BCUT2D eigenvalue weighted by Gasteiger charge is 2.33. The van der Waals surface area contributed by atoms with Crippen molar-refractivity contribution in [3.63, 3.8) is 0 Å². The summed E-state index contributed by atoms with van der Waals surface area (Å²) in [6, 6.07) is 1.11. The van der Waals surface area contributed by atoms with Crippen LogP contribution in [0.5, 0.6) is 5.75 Å². The lowest BCUT2D eigenvalue weighted by Crippen LogP contribution is -2.42. The summed E-state index contributed by atoms with van der Waals surface area (Å²) in [6.45, 7) is 0.536. The second-order valence-electron chi connectivity index (χ2n) is 7.60. The first-order chi connectivity index (χ1) is 13.5. The quantitative estimate of drug-likeness (QED) is 0.692. The number of aliphatic hydroxyl groups is 2. The third kappa shape index (κ3) is 3.08. The van der Waals surface area contributed by atoms with Crippen LogP contribution in [-0.2, 0) is 0 Å². The fourth-order valence-corrected chi connectivity index (χ4v) is 4.19. The molecule has 4 rings (SSSR count). The molecule has 1 aliphatic heterocycles. The minimum atomic E-state index is -0.884. The van der Waals surface area contributed by atoms with Gasteiger partial charge in [-0.3, -0.25) is 14.3 Å². The number of hydrogen-bond acceptors (Lipinski definition) is 6. The van der Waals surface area contributed by atoms with Crippen molar-refractivity contribution in [2.24, 2.45) is 5.92 Å². The van der Waals surface area contributed by atoms with E-state index in [1.54, 1.807) is 4.90 Å². The third-order valence-corrected chi connectivity index (χ3v) is 5.73. The van der Waals surface area contributed by atoms with E-state index in [0.717, 1.165) is 25.3 Å². The number of rotatable bonds is 5. The van der Waals surface area contributed by atoms with E-state index in [1.807, 2.05) is 0 Å². The highest BCUT2D eigenvalue weighted by Crippen LogP contribution is 2.43. The molecular formula is C19H24FN3O5. The molecule has 2 aromatic rings. The molecule has 3 N–H and O–H groups in total. The van der Waals surface area contributed by atoms with E-state index in [0.29, 0.717) is 25.0 Å². The van der Waals surface area contributed by atoms with Crippen molar-refractivity contribution in [2.75, 3.05) is 31.7 Å². The van der Waals surface area contributed by atoms with Gasteiger partial charge in [-0.25, -0.2) is 9.18 Å². The van der Waals surface area contributed by atoms with E-state index in [-0.39, 0.29) is 35.4 Å². The number of aromatic nitrogens is 2. The minimum absolute atomic E-state index is 0.0376. The van der Waals surface area contributed by atoms with E-state index in [2.05, 4.69) is 4.98 Å². The monoisotopic (exact) mass is 393 g/mol. The first-order valence-electron chi connectivity index (χ1n) is 9.55. The summed E-state index contributed by atoms with van der Waals surface area (Å²) >= 11 is 0. The topological polar surface area (TPSA) is 108 Å². The Morgan fingerprint density at radius 3 is 2.75 bits per heavy atom. The third-order valence-electron chi connectivity index (χ3n) is 5.73.